The fourth-order valence-electron chi connectivity index (χ4n) is 1.00. The zero-order valence-corrected chi connectivity index (χ0v) is 9.34. The Hall–Kier alpha value is -0.370. The summed E-state index contributed by atoms with van der Waals surface area (Å²) < 4.78 is 40.4. The summed E-state index contributed by atoms with van der Waals surface area (Å²) >= 11 is 0. The zero-order chi connectivity index (χ0) is 12.8. The van der Waals surface area contributed by atoms with Crippen LogP contribution in [0.15, 0.2) is 0 Å². The molecule has 16 heavy (non-hydrogen) atoms. The molecule has 0 bridgehead atoms. The summed E-state index contributed by atoms with van der Waals surface area (Å²) in [5.41, 5.74) is -1.15. The van der Waals surface area contributed by atoms with E-state index in [-0.39, 0.29) is 6.54 Å². The summed E-state index contributed by atoms with van der Waals surface area (Å²) in [5, 5.41) is 20.7. The van der Waals surface area contributed by atoms with Crippen molar-refractivity contribution in [3.63, 3.8) is 0 Å². The highest BCUT2D eigenvalue weighted by Crippen LogP contribution is 2.19. The number of aliphatic hydroxyl groups excluding tert-OH is 1. The van der Waals surface area contributed by atoms with Crippen molar-refractivity contribution in [2.24, 2.45) is 0 Å². The largest absolute Gasteiger partial charge is 0.415 e. The third-order valence-corrected chi connectivity index (χ3v) is 2.07. The summed E-state index contributed by atoms with van der Waals surface area (Å²) in [6, 6.07) is 0. The van der Waals surface area contributed by atoms with Gasteiger partial charge in [0.15, 0.2) is 6.10 Å². The van der Waals surface area contributed by atoms with Crippen LogP contribution in [0.3, 0.4) is 0 Å². The van der Waals surface area contributed by atoms with Crippen LogP contribution in [0.4, 0.5) is 13.2 Å². The molecular weight excluding hydrogens is 227 g/mol. The molecule has 0 aliphatic carbocycles. The molecule has 0 aliphatic rings. The van der Waals surface area contributed by atoms with Crippen LogP contribution in [0.2, 0.25) is 0 Å². The van der Waals surface area contributed by atoms with Gasteiger partial charge in [-0.1, -0.05) is 0 Å². The molecule has 98 valence electrons. The van der Waals surface area contributed by atoms with E-state index in [1.54, 1.807) is 0 Å². The molecule has 0 saturated carbocycles. The molecule has 0 aromatic carbocycles. The van der Waals surface area contributed by atoms with Gasteiger partial charge in [-0.05, 0) is 6.92 Å². The number of ether oxygens (including phenoxy) is 1. The number of hydrogen-bond donors (Lipinski definition) is 3. The normalized spacial score (nSPS) is 18.2. The Morgan fingerprint density at radius 2 is 1.94 bits per heavy atom. The van der Waals surface area contributed by atoms with E-state index in [2.05, 4.69) is 5.32 Å². The van der Waals surface area contributed by atoms with Gasteiger partial charge in [0, 0.05) is 33.2 Å². The highest BCUT2D eigenvalue weighted by molar-refractivity contribution is 4.77. The summed E-state index contributed by atoms with van der Waals surface area (Å²) in [7, 11) is 1.47. The highest BCUT2D eigenvalue weighted by atomic mass is 19.4. The van der Waals surface area contributed by atoms with E-state index >= 15 is 0 Å². The van der Waals surface area contributed by atoms with E-state index < -0.39 is 24.4 Å². The number of alkyl halides is 3. The van der Waals surface area contributed by atoms with Crippen LogP contribution in [0.25, 0.3) is 0 Å². The van der Waals surface area contributed by atoms with E-state index in [1.165, 1.54) is 14.0 Å². The number of halogens is 3. The van der Waals surface area contributed by atoms with Crippen LogP contribution in [0.1, 0.15) is 13.3 Å². The first kappa shape index (κ1) is 15.6. The molecule has 0 fully saturated rings. The second-order valence-corrected chi connectivity index (χ2v) is 3.93. The molecule has 0 aromatic heterocycles. The molecule has 0 aliphatic heterocycles. The third-order valence-electron chi connectivity index (χ3n) is 2.07. The van der Waals surface area contributed by atoms with E-state index in [9.17, 15) is 18.3 Å². The quantitative estimate of drug-likeness (QED) is 0.603. The van der Waals surface area contributed by atoms with Gasteiger partial charge in [-0.2, -0.15) is 13.2 Å². The lowest BCUT2D eigenvalue weighted by atomic mass is 10.0. The molecule has 2 unspecified atom stereocenters. The van der Waals surface area contributed by atoms with E-state index in [4.69, 9.17) is 9.84 Å². The minimum Gasteiger partial charge on any atom is -0.389 e. The zero-order valence-electron chi connectivity index (χ0n) is 9.34. The lowest BCUT2D eigenvalue weighted by Crippen LogP contribution is -2.45. The predicted molar refractivity (Wildman–Crippen MR) is 52.0 cm³/mol. The molecule has 0 heterocycles. The van der Waals surface area contributed by atoms with Crippen molar-refractivity contribution in [1.29, 1.82) is 0 Å². The van der Waals surface area contributed by atoms with Crippen LogP contribution in [0, 0.1) is 0 Å². The molecule has 4 nitrogen and oxygen atoms in total. The molecular formula is C9H18F3NO3. The van der Waals surface area contributed by atoms with Crippen molar-refractivity contribution in [1.82, 2.24) is 5.32 Å². The predicted octanol–water partition coefficient (Wildman–Crippen LogP) is 0.287. The van der Waals surface area contributed by atoms with E-state index in [0.717, 1.165) is 0 Å². The standard InChI is InChI=1S/C9H18F3NO3/c1-8(15,3-4-16-2)6-13-5-7(14)9(10,11)12/h7,13-15H,3-6H2,1-2H3. The number of methoxy groups -OCH3 is 1. The molecule has 3 N–H and O–H groups in total. The van der Waals surface area contributed by atoms with E-state index in [0.29, 0.717) is 13.0 Å². The number of hydrogen-bond acceptors (Lipinski definition) is 4. The summed E-state index contributed by atoms with van der Waals surface area (Å²) in [6.45, 7) is 1.13. The van der Waals surface area contributed by atoms with Crippen molar-refractivity contribution >= 4 is 0 Å². The van der Waals surface area contributed by atoms with Gasteiger partial charge >= 0.3 is 6.18 Å². The molecule has 0 rings (SSSR count). The fourth-order valence-corrected chi connectivity index (χ4v) is 1.00. The minimum absolute atomic E-state index is 0.0382. The molecule has 0 saturated heterocycles. The van der Waals surface area contributed by atoms with Crippen LogP contribution in [-0.2, 0) is 4.74 Å². The van der Waals surface area contributed by atoms with Crippen LogP contribution in [0.5, 0.6) is 0 Å². The van der Waals surface area contributed by atoms with Crippen molar-refractivity contribution in [3.05, 3.63) is 0 Å². The second-order valence-electron chi connectivity index (χ2n) is 3.93. The Labute approximate surface area is 92.4 Å². The van der Waals surface area contributed by atoms with Gasteiger partial charge in [-0.25, -0.2) is 0 Å². The average Bonchev–Trinajstić information content (AvgIpc) is 2.13. The summed E-state index contributed by atoms with van der Waals surface area (Å²) in [6.07, 6.45) is -6.74. The fraction of sp³-hybridized carbons (Fsp3) is 1.00. The lowest BCUT2D eigenvalue weighted by Gasteiger charge is -2.24. The Bertz CT molecular complexity index is 197. The Balaban J connectivity index is 3.80. The van der Waals surface area contributed by atoms with Gasteiger partial charge in [-0.3, -0.25) is 0 Å². The highest BCUT2D eigenvalue weighted by Gasteiger charge is 2.37. The molecule has 7 heteroatoms. The maximum Gasteiger partial charge on any atom is 0.415 e. The maximum absolute atomic E-state index is 11.9. The average molecular weight is 245 g/mol. The first-order valence-electron chi connectivity index (χ1n) is 4.86. The third kappa shape index (κ3) is 7.00. The van der Waals surface area contributed by atoms with Gasteiger partial charge in [-0.15, -0.1) is 0 Å². The molecule has 0 spiro atoms. The number of aliphatic hydroxyl groups is 2. The van der Waals surface area contributed by atoms with Crippen LogP contribution in [-0.4, -0.2) is 54.9 Å². The summed E-state index contributed by atoms with van der Waals surface area (Å²) in [4.78, 5) is 0. The molecule has 2 atom stereocenters. The first-order chi connectivity index (χ1) is 7.19. The Morgan fingerprint density at radius 3 is 2.38 bits per heavy atom. The molecule has 0 radical (unpaired) electrons. The van der Waals surface area contributed by atoms with Gasteiger partial charge in [0.1, 0.15) is 0 Å². The molecule has 0 aromatic rings. The van der Waals surface area contributed by atoms with Gasteiger partial charge in [0.05, 0.1) is 5.60 Å². The molecule has 0 amide bonds. The summed E-state index contributed by atoms with van der Waals surface area (Å²) in [5.74, 6) is 0. The van der Waals surface area contributed by atoms with Crippen molar-refractivity contribution < 1.29 is 28.1 Å². The van der Waals surface area contributed by atoms with Crippen LogP contribution < -0.4 is 5.32 Å². The Kier molecular flexibility index (Phi) is 6.24. The van der Waals surface area contributed by atoms with Crippen molar-refractivity contribution in [2.75, 3.05) is 26.8 Å². The van der Waals surface area contributed by atoms with Crippen molar-refractivity contribution in [2.45, 2.75) is 31.2 Å². The monoisotopic (exact) mass is 245 g/mol. The second kappa shape index (κ2) is 6.39. The SMILES string of the molecule is COCCC(C)(O)CNCC(O)C(F)(F)F. The van der Waals surface area contributed by atoms with Gasteiger partial charge in [0.25, 0.3) is 0 Å². The van der Waals surface area contributed by atoms with Gasteiger partial charge in [0.2, 0.25) is 0 Å². The smallest absolute Gasteiger partial charge is 0.389 e. The maximum atomic E-state index is 11.9. The Morgan fingerprint density at radius 1 is 1.38 bits per heavy atom. The minimum atomic E-state index is -4.63. The van der Waals surface area contributed by atoms with Crippen LogP contribution >= 0.6 is 0 Å². The first-order valence-corrected chi connectivity index (χ1v) is 4.86. The topological polar surface area (TPSA) is 61.7 Å². The number of nitrogens with one attached hydrogen (secondary N) is 1. The number of rotatable bonds is 7. The van der Waals surface area contributed by atoms with E-state index in [1.807, 2.05) is 0 Å². The lowest BCUT2D eigenvalue weighted by molar-refractivity contribution is -0.202. The van der Waals surface area contributed by atoms with Crippen molar-refractivity contribution in [3.8, 4) is 0 Å². The van der Waals surface area contributed by atoms with Gasteiger partial charge < -0.3 is 20.3 Å².